The Morgan fingerprint density at radius 3 is 2.42 bits per heavy atom. The molecule has 0 spiro atoms. The molecule has 1 unspecified atom stereocenters. The maximum Gasteiger partial charge on any atom is 0.242 e. The molecular weight excluding hydrogens is 379 g/mol. The van der Waals surface area contributed by atoms with Crippen LogP contribution in [0.15, 0.2) is 0 Å². The maximum absolute atomic E-state index is 11.9. The average Bonchev–Trinajstić information content (AvgIpc) is 2.91. The minimum Gasteiger partial charge on any atom is -0.381 e. The molecule has 1 rings (SSSR count). The molecule has 0 aromatic rings. The van der Waals surface area contributed by atoms with E-state index in [4.69, 9.17) is 6.15 Å². The highest BCUT2D eigenvalue weighted by Crippen LogP contribution is 2.22. The summed E-state index contributed by atoms with van der Waals surface area (Å²) in [7, 11) is 2.48. The predicted molar refractivity (Wildman–Crippen MR) is 101 cm³/mol. The molecule has 1 saturated heterocycles. The van der Waals surface area contributed by atoms with Crippen LogP contribution in [0.1, 0.15) is 26.2 Å². The summed E-state index contributed by atoms with van der Waals surface area (Å²) in [6.45, 7) is 3.53. The lowest BCUT2D eigenvalue weighted by Crippen LogP contribution is -2.38. The van der Waals surface area contributed by atoms with Gasteiger partial charge in [0.05, 0.1) is 11.9 Å². The van der Waals surface area contributed by atoms with Crippen LogP contribution < -0.4 is 10.6 Å². The fourth-order valence-electron chi connectivity index (χ4n) is 2.18. The third-order valence-electron chi connectivity index (χ3n) is 3.50. The highest BCUT2D eigenvalue weighted by molar-refractivity contribution is 8.00. The smallest absolute Gasteiger partial charge is 0.242 e. The molecule has 11 heteroatoms. The minimum atomic E-state index is -0.326. The van der Waals surface area contributed by atoms with Crippen LogP contribution in [0.4, 0.5) is 0 Å². The van der Waals surface area contributed by atoms with Crippen molar-refractivity contribution in [3.63, 3.8) is 0 Å². The molecule has 148 valence electrons. The summed E-state index contributed by atoms with van der Waals surface area (Å²) in [5.41, 5.74) is 0. The van der Waals surface area contributed by atoms with E-state index < -0.39 is 0 Å². The number of carbonyl (C=O) groups is 4. The Kier molecular flexibility index (Phi) is 12.7. The number of likely N-dealkylation sites (tertiary alicyclic amines) is 1. The van der Waals surface area contributed by atoms with Crippen molar-refractivity contribution in [1.82, 2.24) is 15.5 Å². The van der Waals surface area contributed by atoms with Crippen molar-refractivity contribution in [2.75, 3.05) is 39.1 Å². The van der Waals surface area contributed by atoms with E-state index in [1.54, 1.807) is 6.26 Å². The van der Waals surface area contributed by atoms with Gasteiger partial charge >= 0.3 is 0 Å². The molecule has 26 heavy (non-hydrogen) atoms. The van der Waals surface area contributed by atoms with E-state index in [0.717, 1.165) is 4.90 Å². The van der Waals surface area contributed by atoms with Crippen molar-refractivity contribution in [1.29, 1.82) is 5.15 Å². The number of nitrogens with one attached hydrogen (secondary N) is 3. The zero-order chi connectivity index (χ0) is 20.7. The van der Waals surface area contributed by atoms with E-state index in [1.807, 2.05) is 6.92 Å². The van der Waals surface area contributed by atoms with Crippen molar-refractivity contribution in [3.05, 3.63) is 0 Å². The Morgan fingerprint density at radius 2 is 1.92 bits per heavy atom. The zero-order valence-corrected chi connectivity index (χ0v) is 16.9. The number of imide groups is 1. The van der Waals surface area contributed by atoms with E-state index in [-0.39, 0.29) is 54.7 Å². The fourth-order valence-corrected chi connectivity index (χ4v) is 2.81. The second-order valence-electron chi connectivity index (χ2n) is 5.21. The second-order valence-corrected chi connectivity index (χ2v) is 6.25. The number of hydrogen-bond donors (Lipinski definition) is 3. The minimum absolute atomic E-state index is 0.0663. The van der Waals surface area contributed by atoms with Crippen molar-refractivity contribution in [2.24, 2.45) is 0 Å². The van der Waals surface area contributed by atoms with Gasteiger partial charge in [-0.3, -0.25) is 29.2 Å². The Labute approximate surface area is 161 Å². The van der Waals surface area contributed by atoms with Crippen LogP contribution in [-0.4, -0.2) is 72.9 Å². The van der Waals surface area contributed by atoms with Gasteiger partial charge in [-0.1, -0.05) is 0 Å². The van der Waals surface area contributed by atoms with E-state index in [9.17, 15) is 19.2 Å². The molecule has 0 radical (unpaired) electrons. The van der Waals surface area contributed by atoms with Crippen molar-refractivity contribution < 1.29 is 25.3 Å². The Morgan fingerprint density at radius 1 is 1.35 bits per heavy atom. The number of thioether (sulfide) groups is 1. The third kappa shape index (κ3) is 9.26. The lowest BCUT2D eigenvalue weighted by Gasteiger charge is -2.14. The second kappa shape index (κ2) is 14.6. The van der Waals surface area contributed by atoms with Crippen LogP contribution in [-0.2, 0) is 23.9 Å². The van der Waals surface area contributed by atoms with E-state index in [2.05, 4.69) is 24.8 Å². The highest BCUT2D eigenvalue weighted by Gasteiger charge is 2.37. The summed E-state index contributed by atoms with van der Waals surface area (Å²) < 4.78 is 10.8. The maximum atomic E-state index is 11.9. The van der Waals surface area contributed by atoms with Crippen molar-refractivity contribution in [3.8, 4) is 0 Å². The SMILES string of the molecule is CCOCCC(=O)NCCNC(=O)CCN1C(=O)CC(SC)C1=O.[2H]N=P. The summed E-state index contributed by atoms with van der Waals surface area (Å²) in [4.78, 5) is 47.9. The van der Waals surface area contributed by atoms with Gasteiger partial charge in [0.25, 0.3) is 0 Å². The Bertz CT molecular complexity index is 526. The van der Waals surface area contributed by atoms with Gasteiger partial charge in [-0.15, -0.1) is 0 Å². The van der Waals surface area contributed by atoms with Gasteiger partial charge in [0.2, 0.25) is 23.6 Å². The van der Waals surface area contributed by atoms with E-state index >= 15 is 0 Å². The zero-order valence-electron chi connectivity index (χ0n) is 16.1. The number of carbonyl (C=O) groups excluding carboxylic acids is 4. The summed E-state index contributed by atoms with van der Waals surface area (Å²) in [5.74, 6) is -0.837. The van der Waals surface area contributed by atoms with Gasteiger partial charge in [-0.2, -0.15) is 11.8 Å². The van der Waals surface area contributed by atoms with Gasteiger partial charge in [0.1, 0.15) is 0 Å². The van der Waals surface area contributed by atoms with Crippen molar-refractivity contribution >= 4 is 44.4 Å². The van der Waals surface area contributed by atoms with Crippen molar-refractivity contribution in [2.45, 2.75) is 31.4 Å². The first-order chi connectivity index (χ1) is 12.9. The Balaban J connectivity index is 0.00000210. The first-order valence-electron chi connectivity index (χ1n) is 8.64. The molecule has 9 nitrogen and oxygen atoms in total. The standard InChI is InChI=1S/C15H25N3O5S.H2NP/c1-3-23-9-5-13(20)17-7-6-16-12(19)4-8-18-14(21)10-11(24-2)15(18)22;1-2/h11H,3-10H2,1-2H3,(H,16,19)(H,17,20);1-2H/i/hD. The lowest BCUT2D eigenvalue weighted by molar-refractivity contribution is -0.138. The van der Waals surface area contributed by atoms with Crippen LogP contribution in [0.2, 0.25) is 1.41 Å². The molecule has 4 amide bonds. The molecule has 0 aliphatic carbocycles. The quantitative estimate of drug-likeness (QED) is 0.259. The van der Waals surface area contributed by atoms with E-state index in [0.29, 0.717) is 26.3 Å². The number of hydrogen-bond acceptors (Lipinski definition) is 7. The molecule has 0 bridgehead atoms. The number of amides is 4. The molecule has 1 aliphatic heterocycles. The van der Waals surface area contributed by atoms with Gasteiger partial charge in [-0.05, 0) is 22.2 Å². The predicted octanol–water partition coefficient (Wildman–Crippen LogP) is 0.418. The summed E-state index contributed by atoms with van der Waals surface area (Å²) in [6.07, 6.45) is 2.35. The number of ether oxygens (including phenoxy) is 1. The molecule has 3 N–H and O–H groups in total. The first-order valence-corrected chi connectivity index (χ1v) is 9.93. The third-order valence-corrected chi connectivity index (χ3v) is 4.43. The Hall–Kier alpha value is -1.51. The highest BCUT2D eigenvalue weighted by atomic mass is 32.2. The van der Waals surface area contributed by atoms with Gasteiger partial charge in [-0.25, -0.2) is 0 Å². The van der Waals surface area contributed by atoms with Crippen LogP contribution in [0.3, 0.4) is 0 Å². The number of rotatable bonds is 11. The molecule has 0 saturated carbocycles. The normalized spacial score (nSPS) is 16.5. The molecule has 1 aliphatic rings. The van der Waals surface area contributed by atoms with Gasteiger partial charge in [0, 0.05) is 45.5 Å². The lowest BCUT2D eigenvalue weighted by atomic mass is 10.3. The topological polar surface area (TPSA) is 129 Å². The van der Waals surface area contributed by atoms with Crippen LogP contribution in [0.5, 0.6) is 0 Å². The summed E-state index contributed by atoms with van der Waals surface area (Å²) in [6, 6.07) is 0. The summed E-state index contributed by atoms with van der Waals surface area (Å²) >= 11 is 1.35. The molecule has 0 aromatic heterocycles. The first kappa shape index (κ1) is 22.5. The fraction of sp³-hybridized carbons (Fsp3) is 0.733. The van der Waals surface area contributed by atoms with Crippen LogP contribution in [0.25, 0.3) is 0 Å². The molecule has 0 aromatic carbocycles. The molecule has 1 fully saturated rings. The van der Waals surface area contributed by atoms with E-state index in [1.165, 1.54) is 11.8 Å². The molecule has 1 atom stereocenters. The molecule has 1 heterocycles. The van der Waals surface area contributed by atoms with Crippen LogP contribution in [0, 0.1) is 5.15 Å². The average molecular weight is 407 g/mol. The van der Waals surface area contributed by atoms with Gasteiger partial charge in [0.15, 0.2) is 1.41 Å². The molecular formula is C15H27N4O5PS. The number of nitrogens with zero attached hydrogens (tertiary/aromatic N) is 1. The van der Waals surface area contributed by atoms with Gasteiger partial charge < -0.3 is 15.4 Å². The monoisotopic (exact) mass is 407 g/mol. The summed E-state index contributed by atoms with van der Waals surface area (Å²) in [5, 5.41) is 7.54. The van der Waals surface area contributed by atoms with Crippen LogP contribution >= 0.6 is 20.8 Å². The largest absolute Gasteiger partial charge is 0.381 e.